The molecule has 0 saturated carbocycles. The van der Waals surface area contributed by atoms with Crippen LogP contribution in [0.15, 0.2) is 37.0 Å². The maximum absolute atomic E-state index is 12.1. The molecule has 0 aliphatic carbocycles. The zero-order chi connectivity index (χ0) is 19.8. The molecular formula is C22H40N2OS. The molecule has 4 heteroatoms. The Hall–Kier alpha value is -1.000. The molecule has 150 valence electrons. The van der Waals surface area contributed by atoms with E-state index >= 15 is 0 Å². The fourth-order valence-corrected chi connectivity index (χ4v) is 3.11. The van der Waals surface area contributed by atoms with Gasteiger partial charge in [0, 0.05) is 30.2 Å². The van der Waals surface area contributed by atoms with Crippen LogP contribution in [0.4, 0.5) is 0 Å². The van der Waals surface area contributed by atoms with Gasteiger partial charge in [0.15, 0.2) is 0 Å². The highest BCUT2D eigenvalue weighted by atomic mass is 32.2. The van der Waals surface area contributed by atoms with E-state index in [1.807, 2.05) is 6.08 Å². The molecule has 2 atom stereocenters. The summed E-state index contributed by atoms with van der Waals surface area (Å²) in [7, 11) is 0. The summed E-state index contributed by atoms with van der Waals surface area (Å²) < 4.78 is 3.33. The summed E-state index contributed by atoms with van der Waals surface area (Å²) in [6, 6.07) is 0.0745. The molecule has 2 N–H and O–H groups in total. The SMILES string of the molecule is C=CC(CCCC)C(=C)/C=C\C(CC)NC(=O)CCCCNSC(C)C. The van der Waals surface area contributed by atoms with Gasteiger partial charge in [-0.3, -0.25) is 9.52 Å². The van der Waals surface area contributed by atoms with Crippen LogP contribution in [-0.4, -0.2) is 23.7 Å². The second kappa shape index (κ2) is 16.2. The molecule has 0 aromatic carbocycles. The van der Waals surface area contributed by atoms with Crippen LogP contribution >= 0.6 is 11.9 Å². The highest BCUT2D eigenvalue weighted by Gasteiger charge is 2.09. The summed E-state index contributed by atoms with van der Waals surface area (Å²) >= 11 is 1.75. The van der Waals surface area contributed by atoms with Gasteiger partial charge in [-0.2, -0.15) is 0 Å². The highest BCUT2D eigenvalue weighted by Crippen LogP contribution is 2.19. The minimum Gasteiger partial charge on any atom is -0.350 e. The molecule has 0 bridgehead atoms. The Bertz CT molecular complexity index is 432. The second-order valence-electron chi connectivity index (χ2n) is 7.02. The molecule has 0 heterocycles. The normalized spacial score (nSPS) is 13.7. The van der Waals surface area contributed by atoms with Crippen LogP contribution < -0.4 is 10.0 Å². The predicted molar refractivity (Wildman–Crippen MR) is 118 cm³/mol. The number of hydrogen-bond donors (Lipinski definition) is 2. The Morgan fingerprint density at radius 3 is 2.50 bits per heavy atom. The van der Waals surface area contributed by atoms with E-state index in [1.54, 1.807) is 11.9 Å². The molecule has 0 aliphatic heterocycles. The maximum atomic E-state index is 12.1. The van der Waals surface area contributed by atoms with Gasteiger partial charge in [0.05, 0.1) is 0 Å². The van der Waals surface area contributed by atoms with E-state index in [-0.39, 0.29) is 11.9 Å². The van der Waals surface area contributed by atoms with Crippen LogP contribution in [-0.2, 0) is 4.79 Å². The van der Waals surface area contributed by atoms with E-state index in [0.29, 0.717) is 17.6 Å². The fraction of sp³-hybridized carbons (Fsp3) is 0.682. The smallest absolute Gasteiger partial charge is 0.220 e. The third kappa shape index (κ3) is 13.2. The lowest BCUT2D eigenvalue weighted by molar-refractivity contribution is -0.121. The summed E-state index contributed by atoms with van der Waals surface area (Å²) in [5.74, 6) is 0.463. The second-order valence-corrected chi connectivity index (χ2v) is 8.49. The Balaban J connectivity index is 4.17. The Labute approximate surface area is 166 Å². The van der Waals surface area contributed by atoms with Crippen molar-refractivity contribution in [1.29, 1.82) is 0 Å². The molecule has 0 saturated heterocycles. The molecule has 0 aliphatic rings. The van der Waals surface area contributed by atoms with Crippen molar-refractivity contribution in [3.05, 3.63) is 37.0 Å². The van der Waals surface area contributed by atoms with Crippen LogP contribution in [0.2, 0.25) is 0 Å². The van der Waals surface area contributed by atoms with Crippen molar-refractivity contribution in [2.75, 3.05) is 6.54 Å². The van der Waals surface area contributed by atoms with Crippen molar-refractivity contribution in [1.82, 2.24) is 10.0 Å². The van der Waals surface area contributed by atoms with E-state index < -0.39 is 0 Å². The van der Waals surface area contributed by atoms with Gasteiger partial charge in [0.1, 0.15) is 0 Å². The van der Waals surface area contributed by atoms with E-state index in [9.17, 15) is 4.79 Å². The van der Waals surface area contributed by atoms with Gasteiger partial charge in [-0.25, -0.2) is 0 Å². The minimum absolute atomic E-state index is 0.0745. The average molecular weight is 381 g/mol. The lowest BCUT2D eigenvalue weighted by Gasteiger charge is -2.15. The number of allylic oxidation sites excluding steroid dienone is 3. The van der Waals surface area contributed by atoms with Crippen LogP contribution in [0, 0.1) is 5.92 Å². The summed E-state index contributed by atoms with van der Waals surface area (Å²) in [4.78, 5) is 12.1. The van der Waals surface area contributed by atoms with Crippen molar-refractivity contribution < 1.29 is 4.79 Å². The van der Waals surface area contributed by atoms with Crippen LogP contribution in [0.5, 0.6) is 0 Å². The third-order valence-corrected chi connectivity index (χ3v) is 5.05. The molecular weight excluding hydrogens is 340 g/mol. The van der Waals surface area contributed by atoms with Gasteiger partial charge in [-0.1, -0.05) is 77.3 Å². The van der Waals surface area contributed by atoms with E-state index in [4.69, 9.17) is 0 Å². The molecule has 0 aromatic heterocycles. The summed E-state index contributed by atoms with van der Waals surface area (Å²) in [6.07, 6.45) is 13.0. The summed E-state index contributed by atoms with van der Waals surface area (Å²) in [5.41, 5.74) is 1.08. The van der Waals surface area contributed by atoms with Gasteiger partial charge in [0.25, 0.3) is 0 Å². The molecule has 26 heavy (non-hydrogen) atoms. The topological polar surface area (TPSA) is 41.1 Å². The minimum atomic E-state index is 0.0745. The molecule has 0 radical (unpaired) electrons. The third-order valence-electron chi connectivity index (χ3n) is 4.21. The number of rotatable bonds is 16. The van der Waals surface area contributed by atoms with Crippen molar-refractivity contribution >= 4 is 17.9 Å². The lowest BCUT2D eigenvalue weighted by atomic mass is 9.94. The van der Waals surface area contributed by atoms with Crippen molar-refractivity contribution in [2.24, 2.45) is 5.92 Å². The standard InChI is InChI=1S/C22H40N2OS/c1-7-10-13-20(8-2)19(6)15-16-21(9-3)24-22(25)14-11-12-17-23-26-18(4)5/h8,15-16,18,20-21,23H,2,6-7,9-14,17H2,1,3-5H3,(H,24,25)/b16-15-. The average Bonchev–Trinajstić information content (AvgIpc) is 2.61. The largest absolute Gasteiger partial charge is 0.350 e. The number of amides is 1. The van der Waals surface area contributed by atoms with Crippen molar-refractivity contribution in [2.45, 2.75) is 83.9 Å². The van der Waals surface area contributed by atoms with Crippen LogP contribution in [0.25, 0.3) is 0 Å². The number of hydrogen-bond acceptors (Lipinski definition) is 3. The Kier molecular flexibility index (Phi) is 15.6. The molecule has 3 nitrogen and oxygen atoms in total. The summed E-state index contributed by atoms with van der Waals surface area (Å²) in [6.45, 7) is 17.7. The van der Waals surface area contributed by atoms with Gasteiger partial charge >= 0.3 is 0 Å². The number of carbonyl (C=O) groups excluding carboxylic acids is 1. The highest BCUT2D eigenvalue weighted by molar-refractivity contribution is 7.97. The van der Waals surface area contributed by atoms with Gasteiger partial charge < -0.3 is 5.32 Å². The van der Waals surface area contributed by atoms with E-state index in [0.717, 1.165) is 37.8 Å². The van der Waals surface area contributed by atoms with Crippen molar-refractivity contribution in [3.63, 3.8) is 0 Å². The molecule has 0 rings (SSSR count). The molecule has 1 amide bonds. The number of carbonyl (C=O) groups is 1. The number of unbranched alkanes of at least 4 members (excludes halogenated alkanes) is 2. The Morgan fingerprint density at radius 1 is 1.19 bits per heavy atom. The maximum Gasteiger partial charge on any atom is 0.220 e. The van der Waals surface area contributed by atoms with Crippen LogP contribution in [0.3, 0.4) is 0 Å². The van der Waals surface area contributed by atoms with Gasteiger partial charge in [-0.15, -0.1) is 6.58 Å². The fourth-order valence-electron chi connectivity index (χ4n) is 2.52. The molecule has 0 aromatic rings. The van der Waals surface area contributed by atoms with Gasteiger partial charge in [-0.05, 0) is 31.3 Å². The number of nitrogens with one attached hydrogen (secondary N) is 2. The summed E-state index contributed by atoms with van der Waals surface area (Å²) in [5, 5.41) is 3.70. The molecule has 0 spiro atoms. The lowest BCUT2D eigenvalue weighted by Crippen LogP contribution is -2.32. The van der Waals surface area contributed by atoms with Gasteiger partial charge in [0.2, 0.25) is 5.91 Å². The first kappa shape index (κ1) is 25.0. The first-order valence-corrected chi connectivity index (χ1v) is 11.0. The first-order chi connectivity index (χ1) is 12.4. The molecule has 0 fully saturated rings. The zero-order valence-electron chi connectivity index (χ0n) is 17.4. The monoisotopic (exact) mass is 380 g/mol. The van der Waals surface area contributed by atoms with E-state index in [1.165, 1.54) is 12.8 Å². The predicted octanol–water partition coefficient (Wildman–Crippen LogP) is 5.80. The van der Waals surface area contributed by atoms with E-state index in [2.05, 4.69) is 63.0 Å². The van der Waals surface area contributed by atoms with Crippen LogP contribution in [0.1, 0.15) is 72.6 Å². The molecule has 2 unspecified atom stereocenters. The quantitative estimate of drug-likeness (QED) is 0.154. The van der Waals surface area contributed by atoms with Crippen molar-refractivity contribution in [3.8, 4) is 0 Å². The Morgan fingerprint density at radius 2 is 1.92 bits per heavy atom. The first-order valence-electron chi connectivity index (χ1n) is 10.1. The zero-order valence-corrected chi connectivity index (χ0v) is 18.2.